The van der Waals surface area contributed by atoms with Crippen molar-refractivity contribution in [2.45, 2.75) is 6.92 Å². The zero-order valence-electron chi connectivity index (χ0n) is 11.9. The van der Waals surface area contributed by atoms with Gasteiger partial charge in [0, 0.05) is 0 Å². The fraction of sp³-hybridized carbons (Fsp3) is 0.0625. The number of hydrogen-bond acceptors (Lipinski definition) is 4. The Morgan fingerprint density at radius 2 is 2.00 bits per heavy atom. The standard InChI is InChI=1S/C16H15N3O2S/c1-11-3-2-4-13(9-11)15(20)21-14-7-5-12(6-8-14)10-18-19-16(17)22/h2-10H,1H3,(H3,17,19,22)/b18-10+. The Labute approximate surface area is 133 Å². The first kappa shape index (κ1) is 15.7. The van der Waals surface area contributed by atoms with E-state index in [1.165, 1.54) is 0 Å². The van der Waals surface area contributed by atoms with E-state index in [0.717, 1.165) is 11.1 Å². The number of carbonyl (C=O) groups excluding carboxylic acids is 1. The lowest BCUT2D eigenvalue weighted by Crippen LogP contribution is -2.23. The smallest absolute Gasteiger partial charge is 0.343 e. The van der Waals surface area contributed by atoms with E-state index < -0.39 is 0 Å². The highest BCUT2D eigenvalue weighted by molar-refractivity contribution is 7.80. The fourth-order valence-corrected chi connectivity index (χ4v) is 1.78. The molecule has 0 unspecified atom stereocenters. The van der Waals surface area contributed by atoms with Crippen LogP contribution in [0, 0.1) is 6.92 Å². The van der Waals surface area contributed by atoms with Crippen LogP contribution in [-0.2, 0) is 0 Å². The third-order valence-corrected chi connectivity index (χ3v) is 2.82. The van der Waals surface area contributed by atoms with Gasteiger partial charge in [-0.3, -0.25) is 5.43 Å². The number of ether oxygens (including phenoxy) is 1. The van der Waals surface area contributed by atoms with Gasteiger partial charge >= 0.3 is 5.97 Å². The Morgan fingerprint density at radius 1 is 1.27 bits per heavy atom. The molecule has 0 heterocycles. The molecule has 0 aromatic heterocycles. The van der Waals surface area contributed by atoms with Crippen molar-refractivity contribution < 1.29 is 9.53 Å². The molecule has 0 aliphatic heterocycles. The van der Waals surface area contributed by atoms with Crippen molar-refractivity contribution in [1.82, 2.24) is 5.43 Å². The predicted molar refractivity (Wildman–Crippen MR) is 90.1 cm³/mol. The molecule has 2 rings (SSSR count). The van der Waals surface area contributed by atoms with Crippen LogP contribution < -0.4 is 15.9 Å². The predicted octanol–water partition coefficient (Wildman–Crippen LogP) is 2.38. The molecule has 2 aromatic rings. The number of carbonyl (C=O) groups is 1. The van der Waals surface area contributed by atoms with Crippen LogP contribution in [0.2, 0.25) is 0 Å². The van der Waals surface area contributed by atoms with Gasteiger partial charge in [-0.1, -0.05) is 17.7 Å². The van der Waals surface area contributed by atoms with Crippen molar-refractivity contribution >= 4 is 29.5 Å². The summed E-state index contributed by atoms with van der Waals surface area (Å²) in [6.45, 7) is 1.92. The highest BCUT2D eigenvalue weighted by Gasteiger charge is 2.08. The highest BCUT2D eigenvalue weighted by atomic mass is 32.1. The Balaban J connectivity index is 2.00. The van der Waals surface area contributed by atoms with Crippen LogP contribution >= 0.6 is 12.2 Å². The summed E-state index contributed by atoms with van der Waals surface area (Å²) in [5.74, 6) is 0.0752. The number of hydrazone groups is 1. The summed E-state index contributed by atoms with van der Waals surface area (Å²) in [6.07, 6.45) is 1.56. The van der Waals surface area contributed by atoms with Crippen LogP contribution in [-0.4, -0.2) is 17.3 Å². The third-order valence-electron chi connectivity index (χ3n) is 2.73. The normalized spacial score (nSPS) is 10.4. The van der Waals surface area contributed by atoms with E-state index in [0.29, 0.717) is 11.3 Å². The van der Waals surface area contributed by atoms with Crippen molar-refractivity contribution in [2.75, 3.05) is 0 Å². The number of thiocarbonyl (C=S) groups is 1. The maximum atomic E-state index is 12.0. The highest BCUT2D eigenvalue weighted by Crippen LogP contribution is 2.14. The van der Waals surface area contributed by atoms with E-state index in [4.69, 9.17) is 10.5 Å². The molecule has 0 bridgehead atoms. The van der Waals surface area contributed by atoms with Gasteiger partial charge in [-0.25, -0.2) is 4.79 Å². The zero-order valence-corrected chi connectivity index (χ0v) is 12.8. The first-order valence-corrected chi connectivity index (χ1v) is 6.93. The van der Waals surface area contributed by atoms with Gasteiger partial charge in [0.25, 0.3) is 0 Å². The van der Waals surface area contributed by atoms with Crippen molar-refractivity contribution in [3.63, 3.8) is 0 Å². The first-order valence-electron chi connectivity index (χ1n) is 6.52. The molecule has 0 saturated carbocycles. The minimum Gasteiger partial charge on any atom is -0.423 e. The molecule has 6 heteroatoms. The largest absolute Gasteiger partial charge is 0.423 e. The molecule has 0 fully saturated rings. The van der Waals surface area contributed by atoms with E-state index in [9.17, 15) is 4.79 Å². The topological polar surface area (TPSA) is 76.7 Å². The Bertz CT molecular complexity index is 712. The first-order chi connectivity index (χ1) is 10.5. The van der Waals surface area contributed by atoms with Crippen molar-refractivity contribution in [3.05, 3.63) is 65.2 Å². The molecule has 0 radical (unpaired) electrons. The summed E-state index contributed by atoms with van der Waals surface area (Å²) in [6, 6.07) is 14.2. The summed E-state index contributed by atoms with van der Waals surface area (Å²) in [7, 11) is 0. The van der Waals surface area contributed by atoms with Crippen LogP contribution in [0.25, 0.3) is 0 Å². The molecule has 0 aliphatic rings. The van der Waals surface area contributed by atoms with Crippen molar-refractivity contribution in [1.29, 1.82) is 0 Å². The van der Waals surface area contributed by atoms with E-state index in [1.54, 1.807) is 42.6 Å². The summed E-state index contributed by atoms with van der Waals surface area (Å²) in [5, 5.41) is 3.94. The van der Waals surface area contributed by atoms with Crippen LogP contribution in [0.4, 0.5) is 0 Å². The minimum absolute atomic E-state index is 0.0972. The van der Waals surface area contributed by atoms with Gasteiger partial charge in [-0.2, -0.15) is 5.10 Å². The van der Waals surface area contributed by atoms with Gasteiger partial charge in [0.2, 0.25) is 0 Å². The van der Waals surface area contributed by atoms with Gasteiger partial charge in [0.1, 0.15) is 5.75 Å². The molecule has 0 atom stereocenters. The molecule has 5 nitrogen and oxygen atoms in total. The van der Waals surface area contributed by atoms with Gasteiger partial charge in [0.15, 0.2) is 5.11 Å². The van der Waals surface area contributed by atoms with E-state index >= 15 is 0 Å². The number of aryl methyl sites for hydroxylation is 1. The maximum absolute atomic E-state index is 12.0. The molecular formula is C16H15N3O2S. The van der Waals surface area contributed by atoms with Crippen LogP contribution in [0.15, 0.2) is 53.6 Å². The van der Waals surface area contributed by atoms with Gasteiger partial charge in [-0.15, -0.1) is 0 Å². The average molecular weight is 313 g/mol. The summed E-state index contributed by atoms with van der Waals surface area (Å²) >= 11 is 4.63. The molecule has 2 aromatic carbocycles. The second kappa shape index (κ2) is 7.33. The molecule has 112 valence electrons. The number of esters is 1. The number of nitrogens with zero attached hydrogens (tertiary/aromatic N) is 1. The second-order valence-electron chi connectivity index (χ2n) is 4.56. The zero-order chi connectivity index (χ0) is 15.9. The van der Waals surface area contributed by atoms with Crippen molar-refractivity contribution in [2.24, 2.45) is 10.8 Å². The average Bonchev–Trinajstić information content (AvgIpc) is 2.48. The summed E-state index contributed by atoms with van der Waals surface area (Å²) in [4.78, 5) is 12.0. The van der Waals surface area contributed by atoms with E-state index in [-0.39, 0.29) is 11.1 Å². The van der Waals surface area contributed by atoms with Crippen LogP contribution in [0.3, 0.4) is 0 Å². The number of nitrogens with one attached hydrogen (secondary N) is 1. The molecule has 0 saturated heterocycles. The SMILES string of the molecule is Cc1cccc(C(=O)Oc2ccc(/C=N/NC(N)=S)cc2)c1. The van der Waals surface area contributed by atoms with Gasteiger partial charge < -0.3 is 10.5 Å². The number of hydrogen-bond donors (Lipinski definition) is 2. The van der Waals surface area contributed by atoms with E-state index in [1.807, 2.05) is 19.1 Å². The molecule has 3 N–H and O–H groups in total. The lowest BCUT2D eigenvalue weighted by Gasteiger charge is -2.05. The monoisotopic (exact) mass is 313 g/mol. The Kier molecular flexibility index (Phi) is 5.21. The number of rotatable bonds is 4. The maximum Gasteiger partial charge on any atom is 0.343 e. The molecule has 0 aliphatic carbocycles. The third kappa shape index (κ3) is 4.68. The fourth-order valence-electron chi connectivity index (χ4n) is 1.73. The number of benzene rings is 2. The van der Waals surface area contributed by atoms with Crippen molar-refractivity contribution in [3.8, 4) is 5.75 Å². The van der Waals surface area contributed by atoms with Crippen LogP contribution in [0.5, 0.6) is 5.75 Å². The Hall–Kier alpha value is -2.73. The van der Waals surface area contributed by atoms with Crippen LogP contribution in [0.1, 0.15) is 21.5 Å². The minimum atomic E-state index is -0.389. The lowest BCUT2D eigenvalue weighted by molar-refractivity contribution is 0.0734. The molecule has 0 amide bonds. The quantitative estimate of drug-likeness (QED) is 0.298. The lowest BCUT2D eigenvalue weighted by atomic mass is 10.1. The van der Waals surface area contributed by atoms with Gasteiger partial charge in [0.05, 0.1) is 11.8 Å². The summed E-state index contributed by atoms with van der Waals surface area (Å²) in [5.41, 5.74) is 10.1. The second-order valence-corrected chi connectivity index (χ2v) is 5.00. The number of nitrogens with two attached hydrogens (primary N) is 1. The molecular weight excluding hydrogens is 298 g/mol. The van der Waals surface area contributed by atoms with E-state index in [2.05, 4.69) is 22.7 Å². The molecule has 22 heavy (non-hydrogen) atoms. The molecule has 0 spiro atoms. The Morgan fingerprint density at radius 3 is 2.64 bits per heavy atom. The summed E-state index contributed by atoms with van der Waals surface area (Å²) < 4.78 is 5.31. The van der Waals surface area contributed by atoms with Gasteiger partial charge in [-0.05, 0) is 61.1 Å².